The lowest BCUT2D eigenvalue weighted by Crippen LogP contribution is -2.07. The number of carbonyl (C=O) groups is 1. The molecule has 3 heteroatoms. The second kappa shape index (κ2) is 7.75. The molecule has 0 radical (unpaired) electrons. The van der Waals surface area contributed by atoms with Gasteiger partial charge in [-0.1, -0.05) is 19.4 Å². The van der Waals surface area contributed by atoms with E-state index in [0.717, 1.165) is 12.8 Å². The highest BCUT2D eigenvalue weighted by atomic mass is 16.5. The molecular weight excluding hydrogens is 228 g/mol. The van der Waals surface area contributed by atoms with Crippen LogP contribution in [-0.4, -0.2) is 19.0 Å². The van der Waals surface area contributed by atoms with Gasteiger partial charge in [0.05, 0.1) is 13.2 Å². The maximum Gasteiger partial charge on any atom is 0.170 e. The molecule has 0 aliphatic carbocycles. The van der Waals surface area contributed by atoms with Crippen LogP contribution < -0.4 is 9.47 Å². The second-order valence-corrected chi connectivity index (χ2v) is 4.02. The van der Waals surface area contributed by atoms with Crippen LogP contribution in [0, 0.1) is 0 Å². The molecule has 18 heavy (non-hydrogen) atoms. The van der Waals surface area contributed by atoms with Gasteiger partial charge in [0, 0.05) is 6.42 Å². The van der Waals surface area contributed by atoms with E-state index in [9.17, 15) is 4.79 Å². The third-order valence-corrected chi connectivity index (χ3v) is 2.62. The standard InChI is InChI=1S/C15H22O3/c1-4-7-9-12(16)15-13(17-5-2)10-8-11-14(15)18-6-3/h8,10-11H,4-7,9H2,1-3H3. The van der Waals surface area contributed by atoms with Gasteiger partial charge in [0.2, 0.25) is 0 Å². The second-order valence-electron chi connectivity index (χ2n) is 4.02. The zero-order valence-corrected chi connectivity index (χ0v) is 11.5. The zero-order valence-electron chi connectivity index (χ0n) is 11.5. The summed E-state index contributed by atoms with van der Waals surface area (Å²) in [6.07, 6.45) is 2.44. The lowest BCUT2D eigenvalue weighted by Gasteiger charge is -2.14. The smallest absolute Gasteiger partial charge is 0.170 e. The van der Waals surface area contributed by atoms with Crippen LogP contribution in [0.4, 0.5) is 0 Å². The van der Waals surface area contributed by atoms with E-state index in [4.69, 9.17) is 9.47 Å². The third-order valence-electron chi connectivity index (χ3n) is 2.62. The fourth-order valence-electron chi connectivity index (χ4n) is 1.80. The van der Waals surface area contributed by atoms with Gasteiger partial charge < -0.3 is 9.47 Å². The molecule has 0 aliphatic rings. The molecule has 0 heterocycles. The minimum Gasteiger partial charge on any atom is -0.493 e. The van der Waals surface area contributed by atoms with E-state index in [1.807, 2.05) is 32.0 Å². The molecule has 0 saturated heterocycles. The number of ether oxygens (including phenoxy) is 2. The van der Waals surface area contributed by atoms with Crippen LogP contribution in [0.1, 0.15) is 50.4 Å². The molecular formula is C15H22O3. The molecule has 0 saturated carbocycles. The number of benzene rings is 1. The van der Waals surface area contributed by atoms with Gasteiger partial charge in [0.15, 0.2) is 5.78 Å². The molecule has 0 aliphatic heterocycles. The van der Waals surface area contributed by atoms with Gasteiger partial charge in [0.1, 0.15) is 17.1 Å². The summed E-state index contributed by atoms with van der Waals surface area (Å²) in [4.78, 5) is 12.2. The van der Waals surface area contributed by atoms with E-state index in [0.29, 0.717) is 36.7 Å². The van der Waals surface area contributed by atoms with E-state index in [-0.39, 0.29) is 5.78 Å². The number of hydrogen-bond acceptors (Lipinski definition) is 3. The summed E-state index contributed by atoms with van der Waals surface area (Å²) < 4.78 is 11.0. The van der Waals surface area contributed by atoms with E-state index >= 15 is 0 Å². The molecule has 0 atom stereocenters. The van der Waals surface area contributed by atoms with Gasteiger partial charge in [-0.2, -0.15) is 0 Å². The fourth-order valence-corrected chi connectivity index (χ4v) is 1.80. The lowest BCUT2D eigenvalue weighted by atomic mass is 10.0. The zero-order chi connectivity index (χ0) is 13.4. The molecule has 0 aromatic heterocycles. The molecule has 0 unspecified atom stereocenters. The van der Waals surface area contributed by atoms with Crippen molar-refractivity contribution in [1.82, 2.24) is 0 Å². The number of Topliss-reactive ketones (excluding diaryl/α,β-unsaturated/α-hetero) is 1. The molecule has 0 bridgehead atoms. The van der Waals surface area contributed by atoms with Crippen molar-refractivity contribution in [3.05, 3.63) is 23.8 Å². The third kappa shape index (κ3) is 3.76. The van der Waals surface area contributed by atoms with E-state index in [1.165, 1.54) is 0 Å². The Morgan fingerprint density at radius 3 is 2.06 bits per heavy atom. The van der Waals surface area contributed by atoms with E-state index < -0.39 is 0 Å². The molecule has 1 rings (SSSR count). The largest absolute Gasteiger partial charge is 0.493 e. The summed E-state index contributed by atoms with van der Waals surface area (Å²) >= 11 is 0. The van der Waals surface area contributed by atoms with Crippen molar-refractivity contribution in [2.45, 2.75) is 40.0 Å². The fraction of sp³-hybridized carbons (Fsp3) is 0.533. The summed E-state index contributed by atoms with van der Waals surface area (Å²) in [6.45, 7) is 6.99. The van der Waals surface area contributed by atoms with Crippen molar-refractivity contribution in [2.24, 2.45) is 0 Å². The first-order chi connectivity index (χ1) is 8.74. The topological polar surface area (TPSA) is 35.5 Å². The van der Waals surface area contributed by atoms with Crippen LogP contribution in [0.2, 0.25) is 0 Å². The Morgan fingerprint density at radius 2 is 1.61 bits per heavy atom. The summed E-state index contributed by atoms with van der Waals surface area (Å²) in [7, 11) is 0. The van der Waals surface area contributed by atoms with Crippen molar-refractivity contribution in [3.8, 4) is 11.5 Å². The van der Waals surface area contributed by atoms with E-state index in [1.54, 1.807) is 0 Å². The minimum atomic E-state index is 0.101. The monoisotopic (exact) mass is 250 g/mol. The Labute approximate surface area is 109 Å². The highest BCUT2D eigenvalue weighted by Gasteiger charge is 2.17. The van der Waals surface area contributed by atoms with Crippen molar-refractivity contribution in [1.29, 1.82) is 0 Å². The number of hydrogen-bond donors (Lipinski definition) is 0. The first kappa shape index (κ1) is 14.6. The SMILES string of the molecule is CCCCC(=O)c1c(OCC)cccc1OCC. The Balaban J connectivity index is 3.04. The highest BCUT2D eigenvalue weighted by molar-refractivity contribution is 6.01. The van der Waals surface area contributed by atoms with Gasteiger partial charge in [-0.3, -0.25) is 4.79 Å². The van der Waals surface area contributed by atoms with Gasteiger partial charge in [0.25, 0.3) is 0 Å². The van der Waals surface area contributed by atoms with Crippen LogP contribution in [-0.2, 0) is 0 Å². The molecule has 100 valence electrons. The van der Waals surface area contributed by atoms with Crippen LogP contribution >= 0.6 is 0 Å². The Kier molecular flexibility index (Phi) is 6.26. The van der Waals surface area contributed by atoms with Gasteiger partial charge in [-0.25, -0.2) is 0 Å². The van der Waals surface area contributed by atoms with Crippen molar-refractivity contribution >= 4 is 5.78 Å². The van der Waals surface area contributed by atoms with Gasteiger partial charge >= 0.3 is 0 Å². The average molecular weight is 250 g/mol. The summed E-state index contributed by atoms with van der Waals surface area (Å²) in [6, 6.07) is 5.50. The van der Waals surface area contributed by atoms with Gasteiger partial charge in [-0.15, -0.1) is 0 Å². The summed E-state index contributed by atoms with van der Waals surface area (Å²) in [5, 5.41) is 0. The lowest BCUT2D eigenvalue weighted by molar-refractivity contribution is 0.0972. The predicted molar refractivity (Wildman–Crippen MR) is 72.6 cm³/mol. The summed E-state index contributed by atoms with van der Waals surface area (Å²) in [5.41, 5.74) is 0.592. The molecule has 0 amide bonds. The quantitative estimate of drug-likeness (QED) is 0.657. The molecule has 0 N–H and O–H groups in total. The molecule has 3 nitrogen and oxygen atoms in total. The highest BCUT2D eigenvalue weighted by Crippen LogP contribution is 2.30. The molecule has 1 aromatic carbocycles. The maximum atomic E-state index is 12.2. The number of ketones is 1. The minimum absolute atomic E-state index is 0.101. The van der Waals surface area contributed by atoms with Crippen molar-refractivity contribution in [2.75, 3.05) is 13.2 Å². The number of unbranched alkanes of at least 4 members (excludes halogenated alkanes) is 1. The van der Waals surface area contributed by atoms with Gasteiger partial charge in [-0.05, 0) is 32.4 Å². The molecule has 1 aromatic rings. The van der Waals surface area contributed by atoms with Crippen molar-refractivity contribution in [3.63, 3.8) is 0 Å². The predicted octanol–water partition coefficient (Wildman–Crippen LogP) is 3.86. The van der Waals surface area contributed by atoms with Crippen LogP contribution in [0.3, 0.4) is 0 Å². The van der Waals surface area contributed by atoms with E-state index in [2.05, 4.69) is 6.92 Å². The van der Waals surface area contributed by atoms with Crippen LogP contribution in [0.15, 0.2) is 18.2 Å². The Morgan fingerprint density at radius 1 is 1.06 bits per heavy atom. The molecule has 0 spiro atoms. The van der Waals surface area contributed by atoms with Crippen molar-refractivity contribution < 1.29 is 14.3 Å². The number of carbonyl (C=O) groups excluding carboxylic acids is 1. The Hall–Kier alpha value is -1.51. The Bertz CT molecular complexity index is 361. The summed E-state index contributed by atoms with van der Waals surface area (Å²) in [5.74, 6) is 1.36. The number of rotatable bonds is 8. The first-order valence-corrected chi connectivity index (χ1v) is 6.66. The normalized spacial score (nSPS) is 10.2. The average Bonchev–Trinajstić information content (AvgIpc) is 2.37. The first-order valence-electron chi connectivity index (χ1n) is 6.66. The maximum absolute atomic E-state index is 12.2. The van der Waals surface area contributed by atoms with Crippen LogP contribution in [0.5, 0.6) is 11.5 Å². The molecule has 0 fully saturated rings. The van der Waals surface area contributed by atoms with Crippen LogP contribution in [0.25, 0.3) is 0 Å².